The molecule has 0 aromatic carbocycles. The Hall–Kier alpha value is 0.250. The summed E-state index contributed by atoms with van der Waals surface area (Å²) in [5.41, 5.74) is 0. The minimum atomic E-state index is 0.488. The third kappa shape index (κ3) is 2.38. The minimum Gasteiger partial charge on any atom is -0.303 e. The van der Waals surface area contributed by atoms with Crippen molar-refractivity contribution in [3.63, 3.8) is 0 Å². The molecule has 13 heavy (non-hydrogen) atoms. The molecule has 0 amide bonds. The van der Waals surface area contributed by atoms with Crippen LogP contribution in [0.1, 0.15) is 38.5 Å². The highest BCUT2D eigenvalue weighted by Gasteiger charge is 2.30. The van der Waals surface area contributed by atoms with E-state index in [2.05, 4.69) is 11.9 Å². The summed E-state index contributed by atoms with van der Waals surface area (Å²) in [5.74, 6) is 0.896. The van der Waals surface area contributed by atoms with Crippen molar-refractivity contribution in [1.29, 1.82) is 0 Å². The van der Waals surface area contributed by atoms with E-state index in [4.69, 9.17) is 11.6 Å². The maximum absolute atomic E-state index is 5.97. The van der Waals surface area contributed by atoms with E-state index in [9.17, 15) is 0 Å². The molecule has 0 unspecified atom stereocenters. The van der Waals surface area contributed by atoms with Gasteiger partial charge in [0.15, 0.2) is 0 Å². The van der Waals surface area contributed by atoms with Crippen LogP contribution in [0.25, 0.3) is 0 Å². The average molecular weight is 202 g/mol. The average Bonchev–Trinajstić information content (AvgIpc) is 2.53. The number of hydrogen-bond acceptors (Lipinski definition) is 1. The Kier molecular flexibility index (Phi) is 3.15. The zero-order valence-corrected chi connectivity index (χ0v) is 9.26. The lowest BCUT2D eigenvalue weighted by molar-refractivity contribution is 0.166. The van der Waals surface area contributed by atoms with E-state index in [1.807, 2.05) is 0 Å². The summed E-state index contributed by atoms with van der Waals surface area (Å²) in [6.45, 7) is 1.29. The molecule has 0 N–H and O–H groups in total. The van der Waals surface area contributed by atoms with Crippen molar-refractivity contribution in [3.05, 3.63) is 0 Å². The number of alkyl halides is 1. The lowest BCUT2D eigenvalue weighted by Gasteiger charge is -2.36. The zero-order chi connectivity index (χ0) is 9.26. The zero-order valence-electron chi connectivity index (χ0n) is 8.51. The van der Waals surface area contributed by atoms with Crippen molar-refractivity contribution in [2.24, 2.45) is 5.92 Å². The molecule has 0 aliphatic heterocycles. The number of hydrogen-bond donors (Lipinski definition) is 0. The van der Waals surface area contributed by atoms with Gasteiger partial charge in [0, 0.05) is 18.0 Å². The van der Waals surface area contributed by atoms with Gasteiger partial charge >= 0.3 is 0 Å². The number of nitrogens with zero attached hydrogens (tertiary/aromatic N) is 1. The fourth-order valence-corrected chi connectivity index (χ4v) is 3.21. The van der Waals surface area contributed by atoms with Gasteiger partial charge in [0.1, 0.15) is 0 Å². The van der Waals surface area contributed by atoms with Crippen molar-refractivity contribution >= 4 is 11.6 Å². The lowest BCUT2D eigenvalue weighted by Crippen LogP contribution is -2.39. The molecule has 2 fully saturated rings. The van der Waals surface area contributed by atoms with E-state index in [1.165, 1.54) is 45.1 Å². The predicted octanol–water partition coefficient (Wildman–Crippen LogP) is 2.88. The van der Waals surface area contributed by atoms with E-state index in [1.54, 1.807) is 0 Å². The molecule has 2 aliphatic rings. The molecule has 0 aromatic heterocycles. The molecular weight excluding hydrogens is 182 g/mol. The third-order valence-corrected chi connectivity index (χ3v) is 4.03. The molecule has 2 aliphatic carbocycles. The van der Waals surface area contributed by atoms with Gasteiger partial charge in [-0.15, -0.1) is 11.6 Å². The lowest BCUT2D eigenvalue weighted by atomic mass is 9.84. The molecule has 0 spiro atoms. The summed E-state index contributed by atoms with van der Waals surface area (Å²) in [4.78, 5) is 2.57. The normalized spacial score (nSPS) is 35.3. The van der Waals surface area contributed by atoms with Crippen molar-refractivity contribution in [2.75, 3.05) is 13.6 Å². The molecule has 0 bridgehead atoms. The largest absolute Gasteiger partial charge is 0.303 e. The Morgan fingerprint density at radius 3 is 2.38 bits per heavy atom. The van der Waals surface area contributed by atoms with Crippen LogP contribution in [0.4, 0.5) is 0 Å². The summed E-state index contributed by atoms with van der Waals surface area (Å²) in [5, 5.41) is 0.488. The Labute approximate surface area is 86.4 Å². The molecule has 2 heteroatoms. The van der Waals surface area contributed by atoms with Crippen molar-refractivity contribution in [3.8, 4) is 0 Å². The summed E-state index contributed by atoms with van der Waals surface area (Å²) in [7, 11) is 2.29. The first kappa shape index (κ1) is 9.79. The highest BCUT2D eigenvalue weighted by atomic mass is 35.5. The summed E-state index contributed by atoms with van der Waals surface area (Å²) in [6.07, 6.45) is 8.23. The molecule has 0 radical (unpaired) electrons. The van der Waals surface area contributed by atoms with Crippen molar-refractivity contribution in [1.82, 2.24) is 4.90 Å². The molecule has 0 aromatic rings. The van der Waals surface area contributed by atoms with Crippen molar-refractivity contribution < 1.29 is 0 Å². The maximum atomic E-state index is 5.97. The molecule has 1 nitrogen and oxygen atoms in total. The highest BCUT2D eigenvalue weighted by Crippen LogP contribution is 2.33. The quantitative estimate of drug-likeness (QED) is 0.635. The van der Waals surface area contributed by atoms with Gasteiger partial charge in [-0.2, -0.15) is 0 Å². The highest BCUT2D eigenvalue weighted by molar-refractivity contribution is 6.21. The minimum absolute atomic E-state index is 0.488. The fraction of sp³-hybridized carbons (Fsp3) is 1.00. The van der Waals surface area contributed by atoms with Crippen LogP contribution in [0.2, 0.25) is 0 Å². The fourth-order valence-electron chi connectivity index (χ4n) is 2.70. The second-order valence-corrected chi connectivity index (χ2v) is 5.43. The van der Waals surface area contributed by atoms with Crippen LogP contribution in [0, 0.1) is 5.92 Å². The van der Waals surface area contributed by atoms with Gasteiger partial charge in [-0.1, -0.05) is 12.8 Å². The van der Waals surface area contributed by atoms with Gasteiger partial charge in [-0.3, -0.25) is 0 Å². The van der Waals surface area contributed by atoms with Crippen LogP contribution in [-0.2, 0) is 0 Å². The Morgan fingerprint density at radius 1 is 1.23 bits per heavy atom. The summed E-state index contributed by atoms with van der Waals surface area (Å²) >= 11 is 5.97. The topological polar surface area (TPSA) is 3.24 Å². The molecule has 76 valence electrons. The van der Waals surface area contributed by atoms with Gasteiger partial charge in [0.2, 0.25) is 0 Å². The van der Waals surface area contributed by atoms with E-state index >= 15 is 0 Å². The van der Waals surface area contributed by atoms with E-state index < -0.39 is 0 Å². The Bertz CT molecular complexity index is 159. The first-order valence-corrected chi connectivity index (χ1v) is 6.03. The molecule has 0 atom stereocenters. The van der Waals surface area contributed by atoms with Gasteiger partial charge in [-0.05, 0) is 38.6 Å². The van der Waals surface area contributed by atoms with E-state index in [-0.39, 0.29) is 0 Å². The monoisotopic (exact) mass is 201 g/mol. The molecule has 0 heterocycles. The van der Waals surface area contributed by atoms with E-state index in [0.29, 0.717) is 5.38 Å². The molecule has 2 rings (SSSR count). The van der Waals surface area contributed by atoms with Crippen LogP contribution < -0.4 is 0 Å². The van der Waals surface area contributed by atoms with Gasteiger partial charge in [0.05, 0.1) is 0 Å². The van der Waals surface area contributed by atoms with Crippen LogP contribution in [-0.4, -0.2) is 29.9 Å². The molecular formula is C11H20ClN. The van der Waals surface area contributed by atoms with Crippen LogP contribution in [0.3, 0.4) is 0 Å². The second kappa shape index (κ2) is 4.18. The smallest absolute Gasteiger partial charge is 0.0342 e. The first-order chi connectivity index (χ1) is 6.25. The standard InChI is InChI=1S/C11H20ClN/c1-13(11-4-2-3-5-11)8-9-6-10(12)7-9/h9-11H,2-8H2,1H3. The van der Waals surface area contributed by atoms with Crippen LogP contribution >= 0.6 is 11.6 Å². The predicted molar refractivity (Wildman–Crippen MR) is 57.3 cm³/mol. The molecule has 0 saturated heterocycles. The van der Waals surface area contributed by atoms with Gasteiger partial charge < -0.3 is 4.90 Å². The van der Waals surface area contributed by atoms with Crippen molar-refractivity contribution in [2.45, 2.75) is 49.9 Å². The summed E-state index contributed by atoms with van der Waals surface area (Å²) < 4.78 is 0. The number of rotatable bonds is 3. The van der Waals surface area contributed by atoms with Gasteiger partial charge in [0.25, 0.3) is 0 Å². The Morgan fingerprint density at radius 2 is 1.85 bits per heavy atom. The van der Waals surface area contributed by atoms with E-state index in [0.717, 1.165) is 12.0 Å². The SMILES string of the molecule is CN(CC1CC(Cl)C1)C1CCCC1. The first-order valence-electron chi connectivity index (χ1n) is 5.60. The van der Waals surface area contributed by atoms with Crippen LogP contribution in [0.5, 0.6) is 0 Å². The van der Waals surface area contributed by atoms with Gasteiger partial charge in [-0.25, -0.2) is 0 Å². The maximum Gasteiger partial charge on any atom is 0.0342 e. The van der Waals surface area contributed by atoms with Crippen LogP contribution in [0.15, 0.2) is 0 Å². The number of halogens is 1. The summed E-state index contributed by atoms with van der Waals surface area (Å²) in [6, 6.07) is 0.884. The third-order valence-electron chi connectivity index (χ3n) is 3.67. The Balaban J connectivity index is 1.68. The molecule has 2 saturated carbocycles. The second-order valence-electron chi connectivity index (χ2n) is 4.81.